The molecule has 0 unspecified atom stereocenters. The highest BCUT2D eigenvalue weighted by atomic mass is 14.2. The Morgan fingerprint density at radius 1 is 0.917 bits per heavy atom. The van der Waals surface area contributed by atoms with E-state index in [-0.39, 0.29) is 0 Å². The first-order chi connectivity index (χ1) is 5.91. The summed E-state index contributed by atoms with van der Waals surface area (Å²) in [5.74, 6) is 6.07. The third-order valence-corrected chi connectivity index (χ3v) is 1.64. The van der Waals surface area contributed by atoms with Crippen molar-refractivity contribution >= 4 is 0 Å². The van der Waals surface area contributed by atoms with Gasteiger partial charge in [0.2, 0.25) is 0 Å². The molecule has 0 fully saturated rings. The molecule has 1 nitrogen and oxygen atoms in total. The van der Waals surface area contributed by atoms with E-state index in [0.29, 0.717) is 6.42 Å². The van der Waals surface area contributed by atoms with Crippen LogP contribution in [0.3, 0.4) is 0 Å². The van der Waals surface area contributed by atoms with Gasteiger partial charge in [-0.05, 0) is 6.42 Å². The number of rotatable bonds is 5. The molecule has 0 saturated carbocycles. The van der Waals surface area contributed by atoms with Gasteiger partial charge in [-0.15, -0.1) is 11.8 Å². The number of nitrogens with zero attached hydrogens (tertiary/aromatic N) is 1. The van der Waals surface area contributed by atoms with Crippen molar-refractivity contribution in [2.45, 2.75) is 51.9 Å². The van der Waals surface area contributed by atoms with Gasteiger partial charge in [0.25, 0.3) is 0 Å². The molecule has 0 rings (SSSR count). The van der Waals surface area contributed by atoms with E-state index in [4.69, 9.17) is 5.26 Å². The van der Waals surface area contributed by atoms with Crippen LogP contribution >= 0.6 is 0 Å². The Labute approximate surface area is 75.8 Å². The van der Waals surface area contributed by atoms with Crippen LogP contribution in [0.1, 0.15) is 51.9 Å². The normalized spacial score (nSPS) is 8.33. The van der Waals surface area contributed by atoms with Crippen LogP contribution in [0.5, 0.6) is 0 Å². The van der Waals surface area contributed by atoms with Crippen molar-refractivity contribution in [3.63, 3.8) is 0 Å². The van der Waals surface area contributed by atoms with Crippen molar-refractivity contribution in [3.8, 4) is 17.9 Å². The molecule has 0 amide bonds. The van der Waals surface area contributed by atoms with E-state index < -0.39 is 0 Å². The third-order valence-electron chi connectivity index (χ3n) is 1.64. The maximum absolute atomic E-state index is 8.22. The molecular formula is C11H17N. The molecule has 0 aromatic carbocycles. The predicted octanol–water partition coefficient (Wildman–Crippen LogP) is 3.26. The second-order valence-electron chi connectivity index (χ2n) is 2.82. The van der Waals surface area contributed by atoms with Gasteiger partial charge in [0.1, 0.15) is 0 Å². The van der Waals surface area contributed by atoms with Crippen LogP contribution in [0.25, 0.3) is 0 Å². The summed E-state index contributed by atoms with van der Waals surface area (Å²) in [5, 5.41) is 8.22. The average molecular weight is 163 g/mol. The number of hydrogen-bond acceptors (Lipinski definition) is 1. The minimum Gasteiger partial charge on any atom is -0.198 e. The van der Waals surface area contributed by atoms with E-state index in [1.54, 1.807) is 0 Å². The molecular weight excluding hydrogens is 146 g/mol. The zero-order valence-electron chi connectivity index (χ0n) is 7.90. The number of unbranched alkanes of at least 4 members (excludes halogenated alkanes) is 5. The van der Waals surface area contributed by atoms with Crippen LogP contribution < -0.4 is 0 Å². The lowest BCUT2D eigenvalue weighted by atomic mass is 10.1. The van der Waals surface area contributed by atoms with Crippen molar-refractivity contribution < 1.29 is 0 Å². The van der Waals surface area contributed by atoms with E-state index in [1.165, 1.54) is 25.7 Å². The summed E-state index contributed by atoms with van der Waals surface area (Å²) in [7, 11) is 0. The predicted molar refractivity (Wildman–Crippen MR) is 51.4 cm³/mol. The van der Waals surface area contributed by atoms with E-state index >= 15 is 0 Å². The molecule has 0 heterocycles. The van der Waals surface area contributed by atoms with Crippen molar-refractivity contribution in [2.75, 3.05) is 0 Å². The SMILES string of the molecule is CCCCCCC#CCCC#N. The quantitative estimate of drug-likeness (QED) is 0.451. The largest absolute Gasteiger partial charge is 0.198 e. The Hall–Kier alpha value is -0.950. The van der Waals surface area contributed by atoms with Crippen LogP contribution in [0, 0.1) is 23.2 Å². The van der Waals surface area contributed by atoms with Gasteiger partial charge in [-0.1, -0.05) is 26.2 Å². The minimum absolute atomic E-state index is 0.571. The first-order valence-corrected chi connectivity index (χ1v) is 4.74. The Kier molecular flexibility index (Phi) is 9.25. The highest BCUT2D eigenvalue weighted by Crippen LogP contribution is 2.00. The summed E-state index contributed by atoms with van der Waals surface area (Å²) >= 11 is 0. The molecule has 0 saturated heterocycles. The summed E-state index contributed by atoms with van der Waals surface area (Å²) in [6.45, 7) is 2.21. The zero-order valence-corrected chi connectivity index (χ0v) is 7.90. The lowest BCUT2D eigenvalue weighted by Crippen LogP contribution is -1.74. The molecule has 0 spiro atoms. The average Bonchev–Trinajstić information content (AvgIpc) is 2.10. The maximum atomic E-state index is 8.22. The second-order valence-corrected chi connectivity index (χ2v) is 2.82. The van der Waals surface area contributed by atoms with Crippen molar-refractivity contribution in [2.24, 2.45) is 0 Å². The standard InChI is InChI=1S/C11H17N/c1-2-3-4-5-6-7-8-9-10-11-12/h2-6,9-10H2,1H3. The van der Waals surface area contributed by atoms with Crippen molar-refractivity contribution in [1.29, 1.82) is 5.26 Å². The Bertz CT molecular complexity index is 177. The van der Waals surface area contributed by atoms with Crippen molar-refractivity contribution in [1.82, 2.24) is 0 Å². The Balaban J connectivity index is 3.06. The van der Waals surface area contributed by atoms with Gasteiger partial charge in [0, 0.05) is 19.3 Å². The smallest absolute Gasteiger partial charge is 0.0631 e. The first-order valence-electron chi connectivity index (χ1n) is 4.74. The molecule has 0 aromatic heterocycles. The molecule has 0 N–H and O–H groups in total. The van der Waals surface area contributed by atoms with E-state index in [2.05, 4.69) is 24.8 Å². The van der Waals surface area contributed by atoms with Gasteiger partial charge in [0.05, 0.1) is 6.07 Å². The van der Waals surface area contributed by atoms with Gasteiger partial charge in [-0.3, -0.25) is 0 Å². The van der Waals surface area contributed by atoms with E-state index in [1.807, 2.05) is 0 Å². The zero-order chi connectivity index (χ0) is 9.07. The first kappa shape index (κ1) is 11.1. The summed E-state index contributed by atoms with van der Waals surface area (Å²) in [4.78, 5) is 0. The highest BCUT2D eigenvalue weighted by molar-refractivity contribution is 5.00. The lowest BCUT2D eigenvalue weighted by molar-refractivity contribution is 0.679. The van der Waals surface area contributed by atoms with Gasteiger partial charge in [-0.25, -0.2) is 0 Å². The summed E-state index contributed by atoms with van der Waals surface area (Å²) < 4.78 is 0. The highest BCUT2D eigenvalue weighted by Gasteiger charge is 1.83. The Morgan fingerprint density at radius 3 is 2.33 bits per heavy atom. The lowest BCUT2D eigenvalue weighted by Gasteiger charge is -1.91. The van der Waals surface area contributed by atoms with Gasteiger partial charge in [0.15, 0.2) is 0 Å². The second kappa shape index (κ2) is 10.0. The number of nitriles is 1. The van der Waals surface area contributed by atoms with Crippen LogP contribution in [-0.2, 0) is 0 Å². The molecule has 12 heavy (non-hydrogen) atoms. The molecule has 0 bridgehead atoms. The van der Waals surface area contributed by atoms with Gasteiger partial charge in [-0.2, -0.15) is 5.26 Å². The number of hydrogen-bond donors (Lipinski definition) is 0. The van der Waals surface area contributed by atoms with Crippen molar-refractivity contribution in [3.05, 3.63) is 0 Å². The van der Waals surface area contributed by atoms with Crippen LogP contribution in [0.4, 0.5) is 0 Å². The van der Waals surface area contributed by atoms with Crippen LogP contribution in [0.15, 0.2) is 0 Å². The fraction of sp³-hybridized carbons (Fsp3) is 0.727. The molecule has 0 radical (unpaired) electrons. The third kappa shape index (κ3) is 9.05. The summed E-state index contributed by atoms with van der Waals surface area (Å²) in [6, 6.07) is 2.08. The molecule has 1 heteroatoms. The van der Waals surface area contributed by atoms with E-state index in [9.17, 15) is 0 Å². The molecule has 0 aliphatic rings. The van der Waals surface area contributed by atoms with Crippen LogP contribution in [0.2, 0.25) is 0 Å². The minimum atomic E-state index is 0.571. The Morgan fingerprint density at radius 2 is 1.67 bits per heavy atom. The van der Waals surface area contributed by atoms with Gasteiger partial charge < -0.3 is 0 Å². The van der Waals surface area contributed by atoms with E-state index in [0.717, 1.165) is 12.8 Å². The monoisotopic (exact) mass is 163 g/mol. The topological polar surface area (TPSA) is 23.8 Å². The fourth-order valence-corrected chi connectivity index (χ4v) is 0.935. The molecule has 0 aliphatic carbocycles. The molecule has 0 atom stereocenters. The molecule has 66 valence electrons. The summed E-state index contributed by atoms with van der Waals surface area (Å²) in [5.41, 5.74) is 0. The fourth-order valence-electron chi connectivity index (χ4n) is 0.935. The molecule has 0 aliphatic heterocycles. The maximum Gasteiger partial charge on any atom is 0.0631 e. The summed E-state index contributed by atoms with van der Waals surface area (Å²) in [6.07, 6.45) is 7.43. The van der Waals surface area contributed by atoms with Crippen LogP contribution in [-0.4, -0.2) is 0 Å². The molecule has 0 aromatic rings. The van der Waals surface area contributed by atoms with Gasteiger partial charge >= 0.3 is 0 Å².